The molecule has 4 heteroatoms. The summed E-state index contributed by atoms with van der Waals surface area (Å²) in [6.07, 6.45) is 1.34. The van der Waals surface area contributed by atoms with Crippen LogP contribution in [-0.2, 0) is 4.74 Å². The molecule has 4 rings (SSSR count). The molecule has 0 fully saturated rings. The minimum atomic E-state index is -0.543. The number of hydrogen-bond donors (Lipinski definition) is 1. The second kappa shape index (κ2) is 6.16. The molecule has 0 aliphatic rings. The van der Waals surface area contributed by atoms with Gasteiger partial charge in [-0.1, -0.05) is 36.4 Å². The Kier molecular flexibility index (Phi) is 3.92. The van der Waals surface area contributed by atoms with Gasteiger partial charge < -0.3 is 9.84 Å². The monoisotopic (exact) mass is 359 g/mol. The highest BCUT2D eigenvalue weighted by Gasteiger charge is 2.19. The van der Waals surface area contributed by atoms with Crippen LogP contribution in [0.2, 0.25) is 0 Å². The number of rotatable bonds is 1. The van der Waals surface area contributed by atoms with E-state index in [1.54, 1.807) is 12.3 Å². The van der Waals surface area contributed by atoms with Crippen LogP contribution in [0.4, 0.5) is 4.79 Å². The fourth-order valence-electron chi connectivity index (χ4n) is 3.32. The molecular weight excluding hydrogens is 338 g/mol. The van der Waals surface area contributed by atoms with Gasteiger partial charge in [0.1, 0.15) is 11.4 Å². The van der Waals surface area contributed by atoms with Gasteiger partial charge in [0.05, 0.1) is 5.52 Å². The van der Waals surface area contributed by atoms with Crippen LogP contribution in [-0.4, -0.2) is 21.4 Å². The molecule has 0 atom stereocenters. The predicted molar refractivity (Wildman–Crippen MR) is 108 cm³/mol. The van der Waals surface area contributed by atoms with Crippen molar-refractivity contribution in [1.82, 2.24) is 4.57 Å². The lowest BCUT2D eigenvalue weighted by Gasteiger charge is -2.19. The van der Waals surface area contributed by atoms with Crippen molar-refractivity contribution in [3.63, 3.8) is 0 Å². The number of carbonyl (C=O) groups excluding carboxylic acids is 1. The van der Waals surface area contributed by atoms with Crippen molar-refractivity contribution in [3.05, 3.63) is 66.9 Å². The Morgan fingerprint density at radius 2 is 1.70 bits per heavy atom. The Hall–Kier alpha value is -3.27. The number of fused-ring (bicyclic) bond motifs is 2. The summed E-state index contributed by atoms with van der Waals surface area (Å²) in [4.78, 5) is 12.4. The summed E-state index contributed by atoms with van der Waals surface area (Å²) >= 11 is 0. The third-order valence-electron chi connectivity index (χ3n) is 4.49. The third kappa shape index (κ3) is 3.14. The molecule has 0 saturated carbocycles. The summed E-state index contributed by atoms with van der Waals surface area (Å²) in [7, 11) is 0. The molecule has 0 saturated heterocycles. The van der Waals surface area contributed by atoms with E-state index in [1.165, 1.54) is 4.57 Å². The molecule has 4 nitrogen and oxygen atoms in total. The van der Waals surface area contributed by atoms with Gasteiger partial charge in [0.2, 0.25) is 0 Å². The minimum Gasteiger partial charge on any atom is -0.507 e. The van der Waals surface area contributed by atoms with Crippen LogP contribution in [0.15, 0.2) is 66.9 Å². The standard InChI is InChI=1S/C23H21NO3/c1-23(2,3)27-22(26)24-13-12-16-14-15(8-10-20(16)24)17-9-11-21(25)19-7-5-4-6-18(17)19/h4-14,25H,1-3H3. The molecule has 27 heavy (non-hydrogen) atoms. The highest BCUT2D eigenvalue weighted by molar-refractivity contribution is 6.02. The maximum atomic E-state index is 12.4. The molecule has 1 heterocycles. The smallest absolute Gasteiger partial charge is 0.418 e. The van der Waals surface area contributed by atoms with E-state index >= 15 is 0 Å². The lowest BCUT2D eigenvalue weighted by atomic mass is 9.97. The number of nitrogens with zero attached hydrogens (tertiary/aromatic N) is 1. The number of aromatic hydroxyl groups is 1. The zero-order valence-electron chi connectivity index (χ0n) is 15.6. The van der Waals surface area contributed by atoms with E-state index in [4.69, 9.17) is 4.74 Å². The van der Waals surface area contributed by atoms with Crippen LogP contribution in [0.3, 0.4) is 0 Å². The number of hydrogen-bond acceptors (Lipinski definition) is 3. The fraction of sp³-hybridized carbons (Fsp3) is 0.174. The topological polar surface area (TPSA) is 51.5 Å². The van der Waals surface area contributed by atoms with E-state index in [-0.39, 0.29) is 11.8 Å². The summed E-state index contributed by atoms with van der Waals surface area (Å²) in [5.74, 6) is 0.270. The van der Waals surface area contributed by atoms with Crippen LogP contribution in [0.1, 0.15) is 20.8 Å². The molecule has 1 N–H and O–H groups in total. The quantitative estimate of drug-likeness (QED) is 0.457. The summed E-state index contributed by atoms with van der Waals surface area (Å²) in [5, 5.41) is 12.9. The van der Waals surface area contributed by atoms with Gasteiger partial charge in [-0.3, -0.25) is 4.57 Å². The lowest BCUT2D eigenvalue weighted by Crippen LogP contribution is -2.26. The molecule has 0 bridgehead atoms. The van der Waals surface area contributed by atoms with Gasteiger partial charge in [-0.2, -0.15) is 0 Å². The van der Waals surface area contributed by atoms with Crippen molar-refractivity contribution in [2.24, 2.45) is 0 Å². The van der Waals surface area contributed by atoms with Crippen molar-refractivity contribution in [2.45, 2.75) is 26.4 Å². The zero-order valence-corrected chi connectivity index (χ0v) is 15.6. The van der Waals surface area contributed by atoms with E-state index in [1.807, 2.05) is 69.3 Å². The lowest BCUT2D eigenvalue weighted by molar-refractivity contribution is 0.0544. The number of carbonyl (C=O) groups is 1. The average molecular weight is 359 g/mol. The molecule has 136 valence electrons. The largest absolute Gasteiger partial charge is 0.507 e. The number of phenolic OH excluding ortho intramolecular Hbond substituents is 1. The van der Waals surface area contributed by atoms with Crippen molar-refractivity contribution < 1.29 is 14.6 Å². The number of phenols is 1. The van der Waals surface area contributed by atoms with Gasteiger partial charge in [0, 0.05) is 17.0 Å². The first-order chi connectivity index (χ1) is 12.8. The van der Waals surface area contributed by atoms with Crippen molar-refractivity contribution in [1.29, 1.82) is 0 Å². The fourth-order valence-corrected chi connectivity index (χ4v) is 3.32. The second-order valence-corrected chi connectivity index (χ2v) is 7.62. The summed E-state index contributed by atoms with van der Waals surface area (Å²) in [6.45, 7) is 5.56. The number of ether oxygens (including phenoxy) is 1. The maximum absolute atomic E-state index is 12.4. The molecule has 0 aliphatic heterocycles. The first-order valence-corrected chi connectivity index (χ1v) is 8.89. The Bertz CT molecular complexity index is 1170. The summed E-state index contributed by atoms with van der Waals surface area (Å²) < 4.78 is 7.00. The second-order valence-electron chi connectivity index (χ2n) is 7.62. The van der Waals surface area contributed by atoms with E-state index in [0.717, 1.165) is 32.8 Å². The Labute approximate surface area is 157 Å². The number of aromatic nitrogens is 1. The van der Waals surface area contributed by atoms with Gasteiger partial charge in [-0.25, -0.2) is 4.79 Å². The third-order valence-corrected chi connectivity index (χ3v) is 4.49. The van der Waals surface area contributed by atoms with Gasteiger partial charge >= 0.3 is 6.09 Å². The molecule has 4 aromatic rings. The van der Waals surface area contributed by atoms with Crippen LogP contribution >= 0.6 is 0 Å². The first kappa shape index (κ1) is 17.2. The first-order valence-electron chi connectivity index (χ1n) is 8.89. The van der Waals surface area contributed by atoms with Gasteiger partial charge in [0.25, 0.3) is 0 Å². The van der Waals surface area contributed by atoms with Crippen molar-refractivity contribution >= 4 is 27.8 Å². The molecule has 0 unspecified atom stereocenters. The van der Waals surface area contributed by atoms with E-state index in [0.29, 0.717) is 0 Å². The van der Waals surface area contributed by atoms with Gasteiger partial charge in [-0.05, 0) is 61.5 Å². The zero-order chi connectivity index (χ0) is 19.2. The van der Waals surface area contributed by atoms with Crippen LogP contribution < -0.4 is 0 Å². The molecule has 1 aromatic heterocycles. The molecule has 0 spiro atoms. The number of benzene rings is 3. The van der Waals surface area contributed by atoms with E-state index < -0.39 is 5.60 Å². The van der Waals surface area contributed by atoms with Crippen molar-refractivity contribution in [2.75, 3.05) is 0 Å². The highest BCUT2D eigenvalue weighted by Crippen LogP contribution is 2.35. The van der Waals surface area contributed by atoms with Crippen LogP contribution in [0, 0.1) is 0 Å². The summed E-state index contributed by atoms with van der Waals surface area (Å²) in [5.41, 5.74) is 2.32. The van der Waals surface area contributed by atoms with E-state index in [9.17, 15) is 9.90 Å². The predicted octanol–water partition coefficient (Wildman–Crippen LogP) is 5.95. The average Bonchev–Trinajstić information content (AvgIpc) is 3.04. The Morgan fingerprint density at radius 1 is 0.963 bits per heavy atom. The molecule has 0 radical (unpaired) electrons. The maximum Gasteiger partial charge on any atom is 0.418 e. The van der Waals surface area contributed by atoms with Gasteiger partial charge in [-0.15, -0.1) is 0 Å². The van der Waals surface area contributed by atoms with Crippen molar-refractivity contribution in [3.8, 4) is 16.9 Å². The molecule has 3 aromatic carbocycles. The molecule has 0 aliphatic carbocycles. The Morgan fingerprint density at radius 3 is 2.44 bits per heavy atom. The van der Waals surface area contributed by atoms with Gasteiger partial charge in [0.15, 0.2) is 0 Å². The van der Waals surface area contributed by atoms with Crippen LogP contribution in [0.25, 0.3) is 32.8 Å². The molecule has 0 amide bonds. The normalized spacial score (nSPS) is 11.8. The minimum absolute atomic E-state index is 0.270. The van der Waals surface area contributed by atoms with E-state index in [2.05, 4.69) is 6.07 Å². The van der Waals surface area contributed by atoms with Crippen LogP contribution in [0.5, 0.6) is 5.75 Å². The summed E-state index contributed by atoms with van der Waals surface area (Å²) in [6, 6.07) is 19.3. The SMILES string of the molecule is CC(C)(C)OC(=O)n1ccc2cc(-c3ccc(O)c4ccccc34)ccc21. The highest BCUT2D eigenvalue weighted by atomic mass is 16.6. The molecular formula is C23H21NO3. The Balaban J connectivity index is 1.80.